The largest absolute Gasteiger partial charge is 0.480 e. The van der Waals surface area contributed by atoms with Gasteiger partial charge in [-0.1, -0.05) is 0 Å². The van der Waals surface area contributed by atoms with Crippen LogP contribution in [0.2, 0.25) is 0 Å². The molecule has 0 spiro atoms. The molecule has 6 nitrogen and oxygen atoms in total. The normalized spacial score (nSPS) is 16.5. The Balaban J connectivity index is 1.65. The highest BCUT2D eigenvalue weighted by atomic mass is 16.5. The Kier molecular flexibility index (Phi) is 5.16. The Bertz CT molecular complexity index is 356. The van der Waals surface area contributed by atoms with E-state index in [0.717, 1.165) is 32.5 Å². The molecule has 1 aromatic heterocycles. The average Bonchev–Trinajstić information content (AvgIpc) is 2.45. The first kappa shape index (κ1) is 13.0. The molecule has 100 valence electrons. The lowest BCUT2D eigenvalue weighted by atomic mass is 10.1. The molecule has 0 radical (unpaired) electrons. The van der Waals surface area contributed by atoms with Gasteiger partial charge in [0, 0.05) is 6.54 Å². The van der Waals surface area contributed by atoms with Gasteiger partial charge < -0.3 is 20.1 Å². The van der Waals surface area contributed by atoms with Crippen molar-refractivity contribution in [2.45, 2.75) is 18.9 Å². The second-order valence-electron chi connectivity index (χ2n) is 4.19. The topological polar surface area (TPSA) is 68.3 Å². The van der Waals surface area contributed by atoms with Crippen LogP contribution in [0.15, 0.2) is 12.4 Å². The molecule has 1 saturated heterocycles. The number of piperidine rings is 1. The Morgan fingerprint density at radius 2 is 2.22 bits per heavy atom. The monoisotopic (exact) mass is 252 g/mol. The van der Waals surface area contributed by atoms with E-state index in [4.69, 9.17) is 9.47 Å². The van der Waals surface area contributed by atoms with E-state index in [-0.39, 0.29) is 0 Å². The highest BCUT2D eigenvalue weighted by Gasteiger charge is 2.12. The summed E-state index contributed by atoms with van der Waals surface area (Å²) in [7, 11) is 1.58. The van der Waals surface area contributed by atoms with Gasteiger partial charge in [-0.3, -0.25) is 4.98 Å². The van der Waals surface area contributed by atoms with Crippen LogP contribution in [0.25, 0.3) is 0 Å². The second kappa shape index (κ2) is 7.13. The van der Waals surface area contributed by atoms with Gasteiger partial charge in [-0.05, 0) is 25.9 Å². The van der Waals surface area contributed by atoms with Crippen molar-refractivity contribution in [3.8, 4) is 5.88 Å². The predicted octanol–water partition coefficient (Wildman–Crippen LogP) is 0.666. The molecule has 2 heterocycles. The fourth-order valence-electron chi connectivity index (χ4n) is 1.90. The smallest absolute Gasteiger partial charge is 0.233 e. The van der Waals surface area contributed by atoms with Gasteiger partial charge in [0.05, 0.1) is 32.2 Å². The van der Waals surface area contributed by atoms with Crippen LogP contribution in [0.5, 0.6) is 5.88 Å². The van der Waals surface area contributed by atoms with E-state index in [1.54, 1.807) is 19.5 Å². The minimum Gasteiger partial charge on any atom is -0.480 e. The van der Waals surface area contributed by atoms with E-state index in [1.807, 2.05) is 0 Å². The first-order valence-electron chi connectivity index (χ1n) is 6.30. The Morgan fingerprint density at radius 3 is 3.00 bits per heavy atom. The summed E-state index contributed by atoms with van der Waals surface area (Å²) in [6, 6.07) is 0. The van der Waals surface area contributed by atoms with Crippen LogP contribution < -0.4 is 15.4 Å². The molecule has 6 heteroatoms. The highest BCUT2D eigenvalue weighted by Crippen LogP contribution is 2.09. The van der Waals surface area contributed by atoms with E-state index in [2.05, 4.69) is 20.6 Å². The van der Waals surface area contributed by atoms with Crippen molar-refractivity contribution in [1.82, 2.24) is 15.3 Å². The number of ether oxygens (including phenoxy) is 2. The quantitative estimate of drug-likeness (QED) is 0.725. The summed E-state index contributed by atoms with van der Waals surface area (Å²) >= 11 is 0. The number of rotatable bonds is 6. The Hall–Kier alpha value is -1.40. The van der Waals surface area contributed by atoms with Gasteiger partial charge in [0.2, 0.25) is 5.88 Å². The van der Waals surface area contributed by atoms with E-state index in [0.29, 0.717) is 24.4 Å². The van der Waals surface area contributed by atoms with Crippen LogP contribution >= 0.6 is 0 Å². The number of anilines is 1. The summed E-state index contributed by atoms with van der Waals surface area (Å²) in [5.41, 5.74) is 0. The van der Waals surface area contributed by atoms with Crippen molar-refractivity contribution >= 4 is 5.82 Å². The minimum atomic E-state index is 0.393. The summed E-state index contributed by atoms with van der Waals surface area (Å²) in [5.74, 6) is 1.22. The maximum absolute atomic E-state index is 5.78. The number of hydrogen-bond donors (Lipinski definition) is 2. The van der Waals surface area contributed by atoms with E-state index >= 15 is 0 Å². The van der Waals surface area contributed by atoms with E-state index < -0.39 is 0 Å². The van der Waals surface area contributed by atoms with Crippen LogP contribution in [-0.2, 0) is 4.74 Å². The summed E-state index contributed by atoms with van der Waals surface area (Å²) in [5, 5.41) is 6.48. The maximum atomic E-state index is 5.78. The number of nitrogens with zero attached hydrogens (tertiary/aromatic N) is 2. The van der Waals surface area contributed by atoms with E-state index in [1.165, 1.54) is 0 Å². The van der Waals surface area contributed by atoms with Crippen molar-refractivity contribution in [3.63, 3.8) is 0 Å². The molecule has 0 atom stereocenters. The SMILES string of the molecule is COc1cncc(NCCOC2CCNCC2)n1. The summed E-state index contributed by atoms with van der Waals surface area (Å²) in [6.45, 7) is 3.52. The van der Waals surface area contributed by atoms with Gasteiger partial charge in [0.15, 0.2) is 0 Å². The van der Waals surface area contributed by atoms with Gasteiger partial charge in [-0.25, -0.2) is 0 Å². The highest BCUT2D eigenvalue weighted by molar-refractivity contribution is 5.32. The molecule has 0 saturated carbocycles. The van der Waals surface area contributed by atoms with Gasteiger partial charge in [-0.15, -0.1) is 0 Å². The summed E-state index contributed by atoms with van der Waals surface area (Å²) in [6.07, 6.45) is 5.84. The molecule has 1 aliphatic rings. The van der Waals surface area contributed by atoms with Crippen molar-refractivity contribution in [2.75, 3.05) is 38.7 Å². The number of nitrogens with one attached hydrogen (secondary N) is 2. The first-order valence-corrected chi connectivity index (χ1v) is 6.30. The van der Waals surface area contributed by atoms with E-state index in [9.17, 15) is 0 Å². The number of methoxy groups -OCH3 is 1. The minimum absolute atomic E-state index is 0.393. The molecule has 2 rings (SSSR count). The molecular weight excluding hydrogens is 232 g/mol. The molecule has 0 aromatic carbocycles. The molecule has 0 amide bonds. The third-order valence-electron chi connectivity index (χ3n) is 2.87. The first-order chi connectivity index (χ1) is 8.88. The lowest BCUT2D eigenvalue weighted by Gasteiger charge is -2.22. The van der Waals surface area contributed by atoms with Crippen LogP contribution in [0.1, 0.15) is 12.8 Å². The molecular formula is C12H20N4O2. The standard InChI is InChI=1S/C12H20N4O2/c1-17-12-9-14-8-11(16-12)15-6-7-18-10-2-4-13-5-3-10/h8-10,13H,2-7H2,1H3,(H,15,16). The predicted molar refractivity (Wildman–Crippen MR) is 68.9 cm³/mol. The van der Waals surface area contributed by atoms with Crippen LogP contribution in [0.3, 0.4) is 0 Å². The molecule has 0 aliphatic carbocycles. The fourth-order valence-corrected chi connectivity index (χ4v) is 1.90. The molecule has 1 fully saturated rings. The third kappa shape index (κ3) is 4.12. The van der Waals surface area contributed by atoms with Gasteiger partial charge in [-0.2, -0.15) is 4.98 Å². The van der Waals surface area contributed by atoms with Gasteiger partial charge >= 0.3 is 0 Å². The van der Waals surface area contributed by atoms with Crippen molar-refractivity contribution < 1.29 is 9.47 Å². The Labute approximate surface area is 107 Å². The van der Waals surface area contributed by atoms with Crippen LogP contribution in [0, 0.1) is 0 Å². The van der Waals surface area contributed by atoms with Gasteiger partial charge in [0.25, 0.3) is 0 Å². The summed E-state index contributed by atoms with van der Waals surface area (Å²) in [4.78, 5) is 8.24. The summed E-state index contributed by atoms with van der Waals surface area (Å²) < 4.78 is 10.8. The van der Waals surface area contributed by atoms with Crippen molar-refractivity contribution in [3.05, 3.63) is 12.4 Å². The molecule has 0 unspecified atom stereocenters. The van der Waals surface area contributed by atoms with Gasteiger partial charge in [0.1, 0.15) is 5.82 Å². The average molecular weight is 252 g/mol. The lowest BCUT2D eigenvalue weighted by molar-refractivity contribution is 0.0394. The number of aromatic nitrogens is 2. The second-order valence-corrected chi connectivity index (χ2v) is 4.19. The zero-order chi connectivity index (χ0) is 12.6. The maximum Gasteiger partial charge on any atom is 0.233 e. The molecule has 0 bridgehead atoms. The molecule has 2 N–H and O–H groups in total. The fraction of sp³-hybridized carbons (Fsp3) is 0.667. The van der Waals surface area contributed by atoms with Crippen LogP contribution in [0.4, 0.5) is 5.82 Å². The zero-order valence-corrected chi connectivity index (χ0v) is 10.7. The zero-order valence-electron chi connectivity index (χ0n) is 10.7. The molecule has 18 heavy (non-hydrogen) atoms. The third-order valence-corrected chi connectivity index (χ3v) is 2.87. The number of hydrogen-bond acceptors (Lipinski definition) is 6. The lowest BCUT2D eigenvalue weighted by Crippen LogP contribution is -2.33. The van der Waals surface area contributed by atoms with Crippen LogP contribution in [-0.4, -0.2) is 49.4 Å². The molecule has 1 aliphatic heterocycles. The Morgan fingerprint density at radius 1 is 1.39 bits per heavy atom. The van der Waals surface area contributed by atoms with Crippen molar-refractivity contribution in [2.24, 2.45) is 0 Å². The van der Waals surface area contributed by atoms with Crippen molar-refractivity contribution in [1.29, 1.82) is 0 Å². The molecule has 1 aromatic rings.